The molecule has 3 nitrogen and oxygen atoms in total. The molecule has 0 atom stereocenters. The summed E-state index contributed by atoms with van der Waals surface area (Å²) in [5.41, 5.74) is 4.37. The summed E-state index contributed by atoms with van der Waals surface area (Å²) in [6.45, 7) is 4.56. The normalized spacial score (nSPS) is 18.2. The molecule has 1 fully saturated rings. The molecule has 2 aromatic rings. The highest BCUT2D eigenvalue weighted by molar-refractivity contribution is 7.16. The van der Waals surface area contributed by atoms with Crippen LogP contribution in [-0.4, -0.2) is 43.1 Å². The highest BCUT2D eigenvalue weighted by Gasteiger charge is 2.14. The summed E-state index contributed by atoms with van der Waals surface area (Å²) in [7, 11) is 2.18. The van der Waals surface area contributed by atoms with Crippen LogP contribution in [0.3, 0.4) is 0 Å². The van der Waals surface area contributed by atoms with Crippen LogP contribution < -0.4 is 4.90 Å². The monoisotopic (exact) mass is 233 g/mol. The van der Waals surface area contributed by atoms with Gasteiger partial charge in [-0.3, -0.25) is 0 Å². The van der Waals surface area contributed by atoms with Crippen molar-refractivity contribution < 1.29 is 0 Å². The fourth-order valence-electron chi connectivity index (χ4n) is 2.11. The van der Waals surface area contributed by atoms with Gasteiger partial charge in [-0.25, -0.2) is 4.98 Å². The molecule has 1 aliphatic rings. The maximum absolute atomic E-state index is 4.31. The Kier molecular flexibility index (Phi) is 2.53. The second kappa shape index (κ2) is 4.03. The van der Waals surface area contributed by atoms with Gasteiger partial charge in [0.25, 0.3) is 0 Å². The van der Waals surface area contributed by atoms with Crippen molar-refractivity contribution in [2.75, 3.05) is 38.1 Å². The van der Waals surface area contributed by atoms with E-state index in [0.717, 1.165) is 31.7 Å². The first kappa shape index (κ1) is 10.1. The molecule has 0 saturated carbocycles. The van der Waals surface area contributed by atoms with Gasteiger partial charge in [0.05, 0.1) is 15.7 Å². The van der Waals surface area contributed by atoms with E-state index in [1.54, 1.807) is 11.3 Å². The van der Waals surface area contributed by atoms with E-state index in [1.165, 1.54) is 10.4 Å². The number of benzene rings is 1. The molecule has 3 rings (SSSR count). The zero-order valence-electron chi connectivity index (χ0n) is 9.39. The molecule has 1 aromatic carbocycles. The molecule has 1 aliphatic heterocycles. The van der Waals surface area contributed by atoms with Gasteiger partial charge in [0.2, 0.25) is 0 Å². The molecular weight excluding hydrogens is 218 g/mol. The van der Waals surface area contributed by atoms with Crippen LogP contribution in [-0.2, 0) is 0 Å². The minimum Gasteiger partial charge on any atom is -0.369 e. The van der Waals surface area contributed by atoms with Gasteiger partial charge >= 0.3 is 0 Å². The van der Waals surface area contributed by atoms with E-state index in [2.05, 4.69) is 40.0 Å². The van der Waals surface area contributed by atoms with Crippen LogP contribution >= 0.6 is 11.3 Å². The number of likely N-dealkylation sites (N-methyl/N-ethyl adjacent to an activating group) is 1. The van der Waals surface area contributed by atoms with Gasteiger partial charge in [-0.2, -0.15) is 0 Å². The minimum absolute atomic E-state index is 1.11. The van der Waals surface area contributed by atoms with Crippen LogP contribution in [0.4, 0.5) is 5.69 Å². The number of anilines is 1. The molecule has 1 saturated heterocycles. The third-order valence-electron chi connectivity index (χ3n) is 3.18. The molecule has 0 spiro atoms. The highest BCUT2D eigenvalue weighted by atomic mass is 32.1. The van der Waals surface area contributed by atoms with E-state index in [9.17, 15) is 0 Å². The lowest BCUT2D eigenvalue weighted by atomic mass is 10.2. The lowest BCUT2D eigenvalue weighted by Crippen LogP contribution is -2.44. The van der Waals surface area contributed by atoms with Gasteiger partial charge in [-0.15, -0.1) is 11.3 Å². The predicted molar refractivity (Wildman–Crippen MR) is 69.3 cm³/mol. The summed E-state index contributed by atoms with van der Waals surface area (Å²) in [6, 6.07) is 6.57. The quantitative estimate of drug-likeness (QED) is 0.751. The van der Waals surface area contributed by atoms with Crippen LogP contribution in [0.2, 0.25) is 0 Å². The Hall–Kier alpha value is -1.13. The van der Waals surface area contributed by atoms with E-state index in [4.69, 9.17) is 0 Å². The van der Waals surface area contributed by atoms with Crippen molar-refractivity contribution in [3.05, 3.63) is 23.7 Å². The van der Waals surface area contributed by atoms with Crippen LogP contribution in [0, 0.1) is 0 Å². The lowest BCUT2D eigenvalue weighted by Gasteiger charge is -2.34. The first-order chi connectivity index (χ1) is 7.83. The van der Waals surface area contributed by atoms with Crippen molar-refractivity contribution >= 4 is 27.2 Å². The molecule has 16 heavy (non-hydrogen) atoms. The van der Waals surface area contributed by atoms with Crippen LogP contribution in [0.15, 0.2) is 23.7 Å². The van der Waals surface area contributed by atoms with Gasteiger partial charge in [-0.05, 0) is 25.2 Å². The van der Waals surface area contributed by atoms with Crippen molar-refractivity contribution in [3.63, 3.8) is 0 Å². The molecule has 1 aromatic heterocycles. The van der Waals surface area contributed by atoms with Crippen LogP contribution in [0.5, 0.6) is 0 Å². The number of nitrogens with zero attached hydrogens (tertiary/aromatic N) is 3. The summed E-state index contributed by atoms with van der Waals surface area (Å²) in [4.78, 5) is 9.14. The summed E-state index contributed by atoms with van der Waals surface area (Å²) < 4.78 is 1.29. The van der Waals surface area contributed by atoms with Crippen molar-refractivity contribution in [1.29, 1.82) is 0 Å². The maximum Gasteiger partial charge on any atom is 0.0813 e. The van der Waals surface area contributed by atoms with E-state index in [-0.39, 0.29) is 0 Å². The topological polar surface area (TPSA) is 19.4 Å². The Morgan fingerprint density at radius 1 is 1.19 bits per heavy atom. The molecule has 0 N–H and O–H groups in total. The molecule has 0 unspecified atom stereocenters. The van der Waals surface area contributed by atoms with E-state index in [1.807, 2.05) is 5.51 Å². The smallest absolute Gasteiger partial charge is 0.0813 e. The molecule has 0 amide bonds. The van der Waals surface area contributed by atoms with E-state index < -0.39 is 0 Å². The first-order valence-corrected chi connectivity index (χ1v) is 6.48. The van der Waals surface area contributed by atoms with Crippen molar-refractivity contribution in [3.8, 4) is 0 Å². The Bertz CT molecular complexity index is 486. The molecule has 0 aliphatic carbocycles. The van der Waals surface area contributed by atoms with Crippen molar-refractivity contribution in [2.45, 2.75) is 0 Å². The Morgan fingerprint density at radius 3 is 2.81 bits per heavy atom. The molecule has 0 bridgehead atoms. The molecular formula is C12H15N3S. The zero-order valence-corrected chi connectivity index (χ0v) is 10.2. The van der Waals surface area contributed by atoms with E-state index in [0.29, 0.717) is 0 Å². The molecule has 0 radical (unpaired) electrons. The fourth-order valence-corrected chi connectivity index (χ4v) is 2.82. The number of thiazole rings is 1. The predicted octanol–water partition coefficient (Wildman–Crippen LogP) is 2.05. The second-order valence-electron chi connectivity index (χ2n) is 4.29. The van der Waals surface area contributed by atoms with Crippen LogP contribution in [0.25, 0.3) is 10.2 Å². The summed E-state index contributed by atoms with van der Waals surface area (Å²) in [5, 5.41) is 0. The lowest BCUT2D eigenvalue weighted by molar-refractivity contribution is 0.313. The van der Waals surface area contributed by atoms with Gasteiger partial charge in [0.1, 0.15) is 0 Å². The molecule has 84 valence electrons. The van der Waals surface area contributed by atoms with Gasteiger partial charge in [0, 0.05) is 31.9 Å². The average molecular weight is 233 g/mol. The minimum atomic E-state index is 1.11. The summed E-state index contributed by atoms with van der Waals surface area (Å²) in [6.07, 6.45) is 0. The van der Waals surface area contributed by atoms with Crippen molar-refractivity contribution in [1.82, 2.24) is 9.88 Å². The van der Waals surface area contributed by atoms with Gasteiger partial charge < -0.3 is 9.80 Å². The van der Waals surface area contributed by atoms with Crippen molar-refractivity contribution in [2.24, 2.45) is 0 Å². The molecule has 4 heteroatoms. The maximum atomic E-state index is 4.31. The third kappa shape index (κ3) is 1.79. The summed E-state index contributed by atoms with van der Waals surface area (Å²) >= 11 is 1.72. The standard InChI is InChI=1S/C12H15N3S/c1-14-4-6-15(7-5-14)10-2-3-11-12(8-10)16-9-13-11/h2-3,8-9H,4-7H2,1H3. The van der Waals surface area contributed by atoms with Gasteiger partial charge in [-0.1, -0.05) is 0 Å². The zero-order chi connectivity index (χ0) is 11.0. The molecule has 2 heterocycles. The Balaban J connectivity index is 1.87. The fraction of sp³-hybridized carbons (Fsp3) is 0.417. The number of piperazine rings is 1. The summed E-state index contributed by atoms with van der Waals surface area (Å²) in [5.74, 6) is 0. The number of aromatic nitrogens is 1. The van der Waals surface area contributed by atoms with E-state index >= 15 is 0 Å². The number of rotatable bonds is 1. The first-order valence-electron chi connectivity index (χ1n) is 5.60. The Morgan fingerprint density at radius 2 is 2.00 bits per heavy atom. The van der Waals surface area contributed by atoms with Crippen LogP contribution in [0.1, 0.15) is 0 Å². The second-order valence-corrected chi connectivity index (χ2v) is 5.18. The highest BCUT2D eigenvalue weighted by Crippen LogP contribution is 2.24. The van der Waals surface area contributed by atoms with Gasteiger partial charge in [0.15, 0.2) is 0 Å². The number of hydrogen-bond donors (Lipinski definition) is 0. The third-order valence-corrected chi connectivity index (χ3v) is 3.98. The average Bonchev–Trinajstić information content (AvgIpc) is 2.77. The Labute approximate surface area is 99.3 Å². The number of fused-ring (bicyclic) bond motifs is 1. The SMILES string of the molecule is CN1CCN(c2ccc3ncsc3c2)CC1. The largest absolute Gasteiger partial charge is 0.369 e. The number of hydrogen-bond acceptors (Lipinski definition) is 4.